The molecule has 2 rings (SSSR count). The van der Waals surface area contributed by atoms with Crippen molar-refractivity contribution in [2.24, 2.45) is 5.41 Å². The summed E-state index contributed by atoms with van der Waals surface area (Å²) < 4.78 is 0. The summed E-state index contributed by atoms with van der Waals surface area (Å²) >= 11 is 0. The molecule has 1 saturated carbocycles. The summed E-state index contributed by atoms with van der Waals surface area (Å²) in [4.78, 5) is 14.2. The Balaban J connectivity index is 2.00. The number of carboxylic acid groups (broad SMARTS) is 1. The van der Waals surface area contributed by atoms with Crippen LogP contribution in [0.4, 0.5) is 0 Å². The Bertz CT molecular complexity index is 356. The fraction of sp³-hybridized carbons (Fsp3) is 0.938. The molecule has 0 spiro atoms. The third-order valence-electron chi connectivity index (χ3n) is 5.06. The Morgan fingerprint density at radius 1 is 1.40 bits per heavy atom. The van der Waals surface area contributed by atoms with E-state index in [9.17, 15) is 9.90 Å². The predicted molar refractivity (Wildman–Crippen MR) is 80.9 cm³/mol. The molecule has 0 radical (unpaired) electrons. The van der Waals surface area contributed by atoms with Gasteiger partial charge in [0.1, 0.15) is 5.54 Å². The van der Waals surface area contributed by atoms with Crippen molar-refractivity contribution in [3.63, 3.8) is 0 Å². The minimum atomic E-state index is -0.678. The maximum atomic E-state index is 11.7. The highest BCUT2D eigenvalue weighted by molar-refractivity contribution is 5.79. The maximum absolute atomic E-state index is 11.7. The summed E-state index contributed by atoms with van der Waals surface area (Å²) in [6, 6.07) is 0.440. The molecule has 0 aromatic rings. The minimum Gasteiger partial charge on any atom is -0.480 e. The molecule has 0 aromatic carbocycles. The number of carboxylic acids is 1. The Hall–Kier alpha value is -0.610. The molecule has 2 N–H and O–H groups in total. The number of hydrogen-bond donors (Lipinski definition) is 2. The SMILES string of the molecule is CCCNC1(C(=O)O)CCC(N2CCCC(C)(C)C2)C1. The highest BCUT2D eigenvalue weighted by atomic mass is 16.4. The van der Waals surface area contributed by atoms with Crippen LogP contribution in [0.1, 0.15) is 59.3 Å². The van der Waals surface area contributed by atoms with Gasteiger partial charge in [-0.1, -0.05) is 20.8 Å². The second-order valence-electron chi connectivity index (χ2n) is 7.45. The van der Waals surface area contributed by atoms with Crippen LogP contribution in [-0.4, -0.2) is 47.2 Å². The Labute approximate surface area is 122 Å². The fourth-order valence-electron chi connectivity index (χ4n) is 3.91. The van der Waals surface area contributed by atoms with E-state index in [1.54, 1.807) is 0 Å². The molecule has 2 unspecified atom stereocenters. The predicted octanol–water partition coefficient (Wildman–Crippen LogP) is 2.48. The molecule has 1 aliphatic heterocycles. The number of nitrogens with one attached hydrogen (secondary N) is 1. The van der Waals surface area contributed by atoms with E-state index in [4.69, 9.17) is 0 Å². The molecule has 1 saturated heterocycles. The summed E-state index contributed by atoms with van der Waals surface area (Å²) in [5, 5.41) is 12.9. The zero-order valence-electron chi connectivity index (χ0n) is 13.2. The van der Waals surface area contributed by atoms with Crippen LogP contribution in [0.15, 0.2) is 0 Å². The van der Waals surface area contributed by atoms with Gasteiger partial charge in [-0.2, -0.15) is 0 Å². The van der Waals surface area contributed by atoms with Gasteiger partial charge in [0.05, 0.1) is 0 Å². The molecule has 116 valence electrons. The van der Waals surface area contributed by atoms with Crippen LogP contribution in [-0.2, 0) is 4.79 Å². The van der Waals surface area contributed by atoms with Gasteiger partial charge in [-0.15, -0.1) is 0 Å². The number of aliphatic carboxylic acids is 1. The van der Waals surface area contributed by atoms with Crippen molar-refractivity contribution in [2.45, 2.75) is 70.9 Å². The zero-order chi connectivity index (χ0) is 14.8. The largest absolute Gasteiger partial charge is 0.480 e. The number of likely N-dealkylation sites (tertiary alicyclic amines) is 1. The molecule has 0 bridgehead atoms. The lowest BCUT2D eigenvalue weighted by Crippen LogP contribution is -2.52. The van der Waals surface area contributed by atoms with E-state index in [2.05, 4.69) is 31.0 Å². The molecule has 20 heavy (non-hydrogen) atoms. The summed E-state index contributed by atoms with van der Waals surface area (Å²) in [5.41, 5.74) is -0.300. The number of carbonyl (C=O) groups is 1. The molecule has 0 aromatic heterocycles. The summed E-state index contributed by atoms with van der Waals surface area (Å²) in [7, 11) is 0. The quantitative estimate of drug-likeness (QED) is 0.813. The van der Waals surface area contributed by atoms with Crippen molar-refractivity contribution in [1.82, 2.24) is 10.2 Å². The fourth-order valence-corrected chi connectivity index (χ4v) is 3.91. The summed E-state index contributed by atoms with van der Waals surface area (Å²) in [6.07, 6.45) is 6.05. The molecule has 1 heterocycles. The molecule has 4 nitrogen and oxygen atoms in total. The van der Waals surface area contributed by atoms with Gasteiger partial charge in [0.25, 0.3) is 0 Å². The molecular weight excluding hydrogens is 252 g/mol. The lowest BCUT2D eigenvalue weighted by atomic mass is 9.83. The normalized spacial score (nSPS) is 34.2. The average molecular weight is 282 g/mol. The van der Waals surface area contributed by atoms with Crippen LogP contribution < -0.4 is 5.32 Å². The van der Waals surface area contributed by atoms with Crippen molar-refractivity contribution in [1.29, 1.82) is 0 Å². The highest BCUT2D eigenvalue weighted by Gasteiger charge is 2.47. The molecule has 4 heteroatoms. The van der Waals surface area contributed by atoms with Gasteiger partial charge in [0.15, 0.2) is 0 Å². The van der Waals surface area contributed by atoms with Crippen molar-refractivity contribution in [3.8, 4) is 0 Å². The van der Waals surface area contributed by atoms with Crippen molar-refractivity contribution < 1.29 is 9.90 Å². The lowest BCUT2D eigenvalue weighted by molar-refractivity contribution is -0.144. The first-order valence-electron chi connectivity index (χ1n) is 8.11. The van der Waals surface area contributed by atoms with E-state index < -0.39 is 11.5 Å². The standard InChI is InChI=1S/C16H30N2O2/c1-4-9-17-16(14(19)20)8-6-13(11-16)18-10-5-7-15(2,3)12-18/h13,17H,4-12H2,1-3H3,(H,19,20). The van der Waals surface area contributed by atoms with Crippen molar-refractivity contribution >= 4 is 5.97 Å². The minimum absolute atomic E-state index is 0.379. The molecular formula is C16H30N2O2. The van der Waals surface area contributed by atoms with E-state index in [1.807, 2.05) is 0 Å². The summed E-state index contributed by atoms with van der Waals surface area (Å²) in [5.74, 6) is -0.662. The van der Waals surface area contributed by atoms with Gasteiger partial charge in [-0.3, -0.25) is 9.69 Å². The van der Waals surface area contributed by atoms with Gasteiger partial charge < -0.3 is 10.4 Å². The molecule has 2 aliphatic rings. The van der Waals surface area contributed by atoms with Crippen LogP contribution in [0.5, 0.6) is 0 Å². The molecule has 1 aliphatic carbocycles. The van der Waals surface area contributed by atoms with Gasteiger partial charge >= 0.3 is 5.97 Å². The first-order chi connectivity index (χ1) is 9.38. The topological polar surface area (TPSA) is 52.6 Å². The number of nitrogens with zero attached hydrogens (tertiary/aromatic N) is 1. The average Bonchev–Trinajstić information content (AvgIpc) is 2.81. The van der Waals surface area contributed by atoms with E-state index in [0.717, 1.165) is 45.3 Å². The number of rotatable bonds is 5. The van der Waals surface area contributed by atoms with Gasteiger partial charge in [-0.25, -0.2) is 0 Å². The van der Waals surface area contributed by atoms with Gasteiger partial charge in [-0.05, 0) is 57.0 Å². The molecule has 0 amide bonds. The van der Waals surface area contributed by atoms with Crippen molar-refractivity contribution in [2.75, 3.05) is 19.6 Å². The van der Waals surface area contributed by atoms with E-state index in [1.165, 1.54) is 12.8 Å². The Kier molecular flexibility index (Phi) is 4.75. The third kappa shape index (κ3) is 3.34. The second-order valence-corrected chi connectivity index (χ2v) is 7.45. The van der Waals surface area contributed by atoms with Crippen molar-refractivity contribution in [3.05, 3.63) is 0 Å². The van der Waals surface area contributed by atoms with Gasteiger partial charge in [0, 0.05) is 12.6 Å². The number of hydrogen-bond acceptors (Lipinski definition) is 3. The monoisotopic (exact) mass is 282 g/mol. The number of piperidine rings is 1. The van der Waals surface area contributed by atoms with Crippen LogP contribution in [0.3, 0.4) is 0 Å². The Morgan fingerprint density at radius 3 is 2.75 bits per heavy atom. The third-order valence-corrected chi connectivity index (χ3v) is 5.06. The zero-order valence-corrected chi connectivity index (χ0v) is 13.2. The molecule has 2 atom stereocenters. The van der Waals surface area contributed by atoms with E-state index in [0.29, 0.717) is 11.5 Å². The first-order valence-corrected chi connectivity index (χ1v) is 8.11. The van der Waals surface area contributed by atoms with E-state index in [-0.39, 0.29) is 0 Å². The van der Waals surface area contributed by atoms with Crippen LogP contribution in [0.25, 0.3) is 0 Å². The smallest absolute Gasteiger partial charge is 0.323 e. The van der Waals surface area contributed by atoms with Crippen LogP contribution >= 0.6 is 0 Å². The molecule has 2 fully saturated rings. The van der Waals surface area contributed by atoms with Gasteiger partial charge in [0.2, 0.25) is 0 Å². The van der Waals surface area contributed by atoms with Crippen LogP contribution in [0, 0.1) is 5.41 Å². The maximum Gasteiger partial charge on any atom is 0.323 e. The second kappa shape index (κ2) is 6.02. The van der Waals surface area contributed by atoms with Crippen LogP contribution in [0.2, 0.25) is 0 Å². The van der Waals surface area contributed by atoms with E-state index >= 15 is 0 Å². The first kappa shape index (κ1) is 15.8. The lowest BCUT2D eigenvalue weighted by Gasteiger charge is -2.41. The Morgan fingerprint density at radius 2 is 2.15 bits per heavy atom. The summed E-state index contributed by atoms with van der Waals surface area (Å²) in [6.45, 7) is 9.78. The highest BCUT2D eigenvalue weighted by Crippen LogP contribution is 2.37.